The van der Waals surface area contributed by atoms with Crippen molar-refractivity contribution in [3.8, 4) is 0 Å². The minimum atomic E-state index is 0.0134. The number of rotatable bonds is 5. The van der Waals surface area contributed by atoms with Crippen LogP contribution in [0.5, 0.6) is 0 Å². The van der Waals surface area contributed by atoms with E-state index in [1.807, 2.05) is 55.3 Å². The lowest BCUT2D eigenvalue weighted by Crippen LogP contribution is -2.36. The number of carbonyl (C=O) groups is 1. The second-order valence-corrected chi connectivity index (χ2v) is 8.84. The number of aromatic amines is 1. The van der Waals surface area contributed by atoms with Crippen molar-refractivity contribution in [2.75, 3.05) is 31.6 Å². The van der Waals surface area contributed by atoms with Crippen molar-refractivity contribution in [2.45, 2.75) is 20.3 Å². The Morgan fingerprint density at radius 2 is 2.09 bits per heavy atom. The molecule has 0 bridgehead atoms. The lowest BCUT2D eigenvalue weighted by molar-refractivity contribution is 0.0737. The highest BCUT2D eigenvalue weighted by Crippen LogP contribution is 2.21. The standard InChI is InChI=1S/C26H28N6O2/c1-17-10-25(29-18(2)28-17)30-23-5-3-4-21(13-23)26(33)32-8-9-34-16-20(15-32)11-19-6-7-24-22(12-19)14-27-31-24/h3-7,10,12-14,20H,8-9,11,15-16H2,1-2H3,(H,27,31)(H,28,29,30)/t20-/m1/s1. The van der Waals surface area contributed by atoms with Gasteiger partial charge in [-0.15, -0.1) is 0 Å². The first kappa shape index (κ1) is 22.0. The number of nitrogens with zero attached hydrogens (tertiary/aromatic N) is 4. The summed E-state index contributed by atoms with van der Waals surface area (Å²) >= 11 is 0. The molecule has 3 heterocycles. The van der Waals surface area contributed by atoms with Crippen LogP contribution in [-0.2, 0) is 11.2 Å². The summed E-state index contributed by atoms with van der Waals surface area (Å²) in [4.78, 5) is 24.1. The van der Waals surface area contributed by atoms with Crippen LogP contribution in [0.3, 0.4) is 0 Å². The average Bonchev–Trinajstić information content (AvgIpc) is 3.15. The van der Waals surface area contributed by atoms with Crippen LogP contribution in [0, 0.1) is 19.8 Å². The van der Waals surface area contributed by atoms with Gasteiger partial charge in [-0.25, -0.2) is 9.97 Å². The largest absolute Gasteiger partial charge is 0.379 e. The van der Waals surface area contributed by atoms with Crippen LogP contribution in [0.25, 0.3) is 10.9 Å². The highest BCUT2D eigenvalue weighted by molar-refractivity contribution is 5.95. The Morgan fingerprint density at radius 1 is 1.18 bits per heavy atom. The predicted octanol–water partition coefficient (Wildman–Crippen LogP) is 4.04. The van der Waals surface area contributed by atoms with Crippen molar-refractivity contribution >= 4 is 28.3 Å². The average molecular weight is 457 g/mol. The van der Waals surface area contributed by atoms with Gasteiger partial charge in [0.15, 0.2) is 0 Å². The van der Waals surface area contributed by atoms with Crippen molar-refractivity contribution in [3.05, 3.63) is 77.4 Å². The molecule has 34 heavy (non-hydrogen) atoms. The molecule has 0 radical (unpaired) electrons. The third kappa shape index (κ3) is 5.07. The summed E-state index contributed by atoms with van der Waals surface area (Å²) in [5, 5.41) is 11.5. The minimum Gasteiger partial charge on any atom is -0.379 e. The molecule has 1 aliphatic rings. The summed E-state index contributed by atoms with van der Waals surface area (Å²) in [6, 6.07) is 15.8. The molecule has 8 heteroatoms. The summed E-state index contributed by atoms with van der Waals surface area (Å²) in [6.45, 7) is 6.22. The smallest absolute Gasteiger partial charge is 0.254 e. The molecule has 0 aliphatic carbocycles. The van der Waals surface area contributed by atoms with Gasteiger partial charge in [-0.1, -0.05) is 12.1 Å². The van der Waals surface area contributed by atoms with E-state index in [9.17, 15) is 4.79 Å². The molecule has 0 saturated carbocycles. The van der Waals surface area contributed by atoms with Crippen LogP contribution in [-0.4, -0.2) is 57.3 Å². The number of anilines is 2. The summed E-state index contributed by atoms with van der Waals surface area (Å²) in [5.74, 6) is 1.66. The van der Waals surface area contributed by atoms with Crippen molar-refractivity contribution in [1.82, 2.24) is 25.1 Å². The second kappa shape index (κ2) is 9.61. The zero-order valence-corrected chi connectivity index (χ0v) is 19.4. The summed E-state index contributed by atoms with van der Waals surface area (Å²) in [6.07, 6.45) is 2.68. The van der Waals surface area contributed by atoms with E-state index < -0.39 is 0 Å². The second-order valence-electron chi connectivity index (χ2n) is 8.84. The number of hydrogen-bond acceptors (Lipinski definition) is 6. The number of benzene rings is 2. The lowest BCUT2D eigenvalue weighted by Gasteiger charge is -2.24. The number of hydrogen-bond donors (Lipinski definition) is 2. The molecule has 1 atom stereocenters. The Kier molecular flexibility index (Phi) is 6.22. The normalized spacial score (nSPS) is 16.4. The first-order valence-electron chi connectivity index (χ1n) is 11.5. The van der Waals surface area contributed by atoms with E-state index in [0.717, 1.165) is 28.7 Å². The molecule has 0 unspecified atom stereocenters. The molecule has 8 nitrogen and oxygen atoms in total. The van der Waals surface area contributed by atoms with E-state index in [-0.39, 0.29) is 11.8 Å². The van der Waals surface area contributed by atoms with Crippen molar-refractivity contribution < 1.29 is 9.53 Å². The van der Waals surface area contributed by atoms with Gasteiger partial charge in [0.25, 0.3) is 5.91 Å². The number of aromatic nitrogens is 4. The molecule has 2 N–H and O–H groups in total. The molecule has 174 valence electrons. The first-order valence-corrected chi connectivity index (χ1v) is 11.5. The Morgan fingerprint density at radius 3 is 2.97 bits per heavy atom. The van der Waals surface area contributed by atoms with E-state index in [1.54, 1.807) is 0 Å². The van der Waals surface area contributed by atoms with E-state index in [1.165, 1.54) is 5.56 Å². The number of carbonyl (C=O) groups excluding carboxylic acids is 1. The fraction of sp³-hybridized carbons (Fsp3) is 0.308. The fourth-order valence-electron chi connectivity index (χ4n) is 4.48. The van der Waals surface area contributed by atoms with Gasteiger partial charge in [0.05, 0.1) is 24.9 Å². The molecule has 2 aromatic heterocycles. The first-order chi connectivity index (χ1) is 16.5. The van der Waals surface area contributed by atoms with E-state index >= 15 is 0 Å². The number of ether oxygens (including phenoxy) is 1. The van der Waals surface area contributed by atoms with E-state index in [2.05, 4.69) is 43.7 Å². The zero-order chi connectivity index (χ0) is 23.5. The van der Waals surface area contributed by atoms with Crippen LogP contribution in [0.15, 0.2) is 54.7 Å². The molecule has 1 saturated heterocycles. The highest BCUT2D eigenvalue weighted by atomic mass is 16.5. The molecule has 1 amide bonds. The molecule has 5 rings (SSSR count). The summed E-state index contributed by atoms with van der Waals surface area (Å²) < 4.78 is 5.85. The molecule has 1 aliphatic heterocycles. The fourth-order valence-corrected chi connectivity index (χ4v) is 4.48. The number of fused-ring (bicyclic) bond motifs is 1. The van der Waals surface area contributed by atoms with Crippen LogP contribution in [0.2, 0.25) is 0 Å². The van der Waals surface area contributed by atoms with Crippen molar-refractivity contribution in [1.29, 1.82) is 0 Å². The highest BCUT2D eigenvalue weighted by Gasteiger charge is 2.24. The molecular weight excluding hydrogens is 428 g/mol. The summed E-state index contributed by atoms with van der Waals surface area (Å²) in [5.41, 5.74) is 4.61. The van der Waals surface area contributed by atoms with Gasteiger partial charge in [-0.2, -0.15) is 5.10 Å². The molecule has 2 aromatic carbocycles. The van der Waals surface area contributed by atoms with Gasteiger partial charge in [0, 0.05) is 47.4 Å². The molecule has 4 aromatic rings. The Hall–Kier alpha value is -3.78. The van der Waals surface area contributed by atoms with E-state index in [4.69, 9.17) is 4.74 Å². The van der Waals surface area contributed by atoms with Gasteiger partial charge >= 0.3 is 0 Å². The number of H-pyrrole nitrogens is 1. The number of nitrogens with one attached hydrogen (secondary N) is 2. The van der Waals surface area contributed by atoms with Crippen molar-refractivity contribution in [3.63, 3.8) is 0 Å². The minimum absolute atomic E-state index is 0.0134. The molecular formula is C26H28N6O2. The third-order valence-corrected chi connectivity index (χ3v) is 6.00. The van der Waals surface area contributed by atoms with Gasteiger partial charge < -0.3 is 15.0 Å². The van der Waals surface area contributed by atoms with Crippen LogP contribution >= 0.6 is 0 Å². The maximum absolute atomic E-state index is 13.4. The SMILES string of the molecule is Cc1cc(Nc2cccc(C(=O)N3CCOC[C@H](Cc4ccc5[nH]ncc5c4)C3)c2)nc(C)n1. The zero-order valence-electron chi connectivity index (χ0n) is 19.4. The Labute approximate surface area is 198 Å². The topological polar surface area (TPSA) is 96.0 Å². The van der Waals surface area contributed by atoms with E-state index in [0.29, 0.717) is 43.5 Å². The lowest BCUT2D eigenvalue weighted by atomic mass is 9.98. The monoisotopic (exact) mass is 456 g/mol. The van der Waals surface area contributed by atoms with Gasteiger partial charge in [0.1, 0.15) is 11.6 Å². The predicted molar refractivity (Wildman–Crippen MR) is 131 cm³/mol. The van der Waals surface area contributed by atoms with Gasteiger partial charge in [-0.05, 0) is 56.2 Å². The molecule has 0 spiro atoms. The Balaban J connectivity index is 1.29. The van der Waals surface area contributed by atoms with Crippen LogP contribution < -0.4 is 5.32 Å². The third-order valence-electron chi connectivity index (χ3n) is 6.00. The van der Waals surface area contributed by atoms with Crippen LogP contribution in [0.4, 0.5) is 11.5 Å². The summed E-state index contributed by atoms with van der Waals surface area (Å²) in [7, 11) is 0. The van der Waals surface area contributed by atoms with Crippen molar-refractivity contribution in [2.24, 2.45) is 5.92 Å². The van der Waals surface area contributed by atoms with Gasteiger partial charge in [0.2, 0.25) is 0 Å². The quantitative estimate of drug-likeness (QED) is 0.470. The van der Waals surface area contributed by atoms with Crippen LogP contribution in [0.1, 0.15) is 27.4 Å². The maximum atomic E-state index is 13.4. The number of amides is 1. The molecule has 1 fully saturated rings. The Bertz CT molecular complexity index is 1300. The number of aryl methyl sites for hydroxylation is 2. The van der Waals surface area contributed by atoms with Gasteiger partial charge in [-0.3, -0.25) is 9.89 Å². The maximum Gasteiger partial charge on any atom is 0.254 e.